The smallest absolute Gasteiger partial charge is 0.256 e. The van der Waals surface area contributed by atoms with Gasteiger partial charge < -0.3 is 19.8 Å². The number of carbonyl (C=O) groups is 1. The molecule has 0 spiro atoms. The fraction of sp³-hybridized carbons (Fsp3) is 0.200. The number of ether oxygens (including phenoxy) is 2. The molecule has 0 radical (unpaired) electrons. The van der Waals surface area contributed by atoms with Gasteiger partial charge in [-0.25, -0.2) is 13.1 Å². The summed E-state index contributed by atoms with van der Waals surface area (Å²) < 4.78 is 37.0. The van der Waals surface area contributed by atoms with Crippen LogP contribution in [0.2, 0.25) is 0 Å². The zero-order valence-electron chi connectivity index (χ0n) is 16.4. The molecule has 1 amide bonds. The van der Waals surface area contributed by atoms with Crippen molar-refractivity contribution in [2.45, 2.75) is 4.90 Å². The van der Waals surface area contributed by atoms with E-state index in [1.807, 2.05) is 0 Å². The molecule has 10 heteroatoms. The van der Waals surface area contributed by atoms with Crippen molar-refractivity contribution in [3.8, 4) is 11.5 Å². The molecule has 1 aromatic heterocycles. The Morgan fingerprint density at radius 3 is 2.33 bits per heavy atom. The number of pyridine rings is 1. The fourth-order valence-corrected chi connectivity index (χ4v) is 3.82. The molecule has 9 nitrogen and oxygen atoms in total. The van der Waals surface area contributed by atoms with Crippen molar-refractivity contribution in [3.05, 3.63) is 64.4 Å². The molecular weight excluding hydrogens is 410 g/mol. The van der Waals surface area contributed by atoms with Gasteiger partial charge in [-0.3, -0.25) is 9.59 Å². The van der Waals surface area contributed by atoms with Crippen LogP contribution in [0.25, 0.3) is 10.9 Å². The van der Waals surface area contributed by atoms with Crippen LogP contribution in [0, 0.1) is 0 Å². The Morgan fingerprint density at radius 1 is 1.00 bits per heavy atom. The monoisotopic (exact) mass is 431 g/mol. The summed E-state index contributed by atoms with van der Waals surface area (Å²) in [7, 11) is -0.722. The van der Waals surface area contributed by atoms with Crippen LogP contribution in [0.1, 0.15) is 10.4 Å². The lowest BCUT2D eigenvalue weighted by atomic mass is 10.1. The minimum Gasteiger partial charge on any atom is -0.497 e. The highest BCUT2D eigenvalue weighted by atomic mass is 32.2. The van der Waals surface area contributed by atoms with Crippen LogP contribution in [-0.2, 0) is 10.0 Å². The third-order valence-electron chi connectivity index (χ3n) is 4.40. The van der Waals surface area contributed by atoms with Crippen LogP contribution in [0.4, 0.5) is 0 Å². The first-order chi connectivity index (χ1) is 14.4. The standard InChI is InChI=1S/C20H21N3O6S/c1-28-13-3-6-15(7-4-13)30(26,27)23-10-9-21-20(25)17-12-22-18-11-14(29-2)5-8-16(18)19(17)24/h3-8,11-12,23H,9-10H2,1-2H3,(H,21,25)(H,22,24). The predicted octanol–water partition coefficient (Wildman–Crippen LogP) is 1.25. The minimum absolute atomic E-state index is 0.00824. The zero-order valence-corrected chi connectivity index (χ0v) is 17.2. The molecule has 158 valence electrons. The highest BCUT2D eigenvalue weighted by Crippen LogP contribution is 2.17. The summed E-state index contributed by atoms with van der Waals surface area (Å²) in [4.78, 5) is 27.9. The Hall–Kier alpha value is -3.37. The van der Waals surface area contributed by atoms with Gasteiger partial charge >= 0.3 is 0 Å². The summed E-state index contributed by atoms with van der Waals surface area (Å²) >= 11 is 0. The molecule has 0 aliphatic heterocycles. The average Bonchev–Trinajstić information content (AvgIpc) is 2.76. The number of hydrogen-bond donors (Lipinski definition) is 3. The Labute approximate surface area is 173 Å². The third kappa shape index (κ3) is 4.61. The summed E-state index contributed by atoms with van der Waals surface area (Å²) in [5.41, 5.74) is 0.0524. The van der Waals surface area contributed by atoms with Gasteiger partial charge in [0.2, 0.25) is 15.5 Å². The van der Waals surface area contributed by atoms with Gasteiger partial charge in [0.15, 0.2) is 0 Å². The number of nitrogens with one attached hydrogen (secondary N) is 3. The number of H-pyrrole nitrogens is 1. The molecule has 0 saturated heterocycles. The molecule has 0 aliphatic carbocycles. The number of aromatic nitrogens is 1. The number of rotatable bonds is 8. The van der Waals surface area contributed by atoms with E-state index >= 15 is 0 Å². The second-order valence-corrected chi connectivity index (χ2v) is 8.04. The molecule has 3 rings (SSSR count). The van der Waals surface area contributed by atoms with E-state index in [0.29, 0.717) is 22.4 Å². The number of hydrogen-bond acceptors (Lipinski definition) is 6. The summed E-state index contributed by atoms with van der Waals surface area (Å²) in [5.74, 6) is 0.525. The Bertz CT molecular complexity index is 1220. The number of carbonyl (C=O) groups excluding carboxylic acids is 1. The van der Waals surface area contributed by atoms with E-state index in [1.165, 1.54) is 44.7 Å². The topological polar surface area (TPSA) is 127 Å². The molecule has 0 unspecified atom stereocenters. The van der Waals surface area contributed by atoms with Gasteiger partial charge in [-0.15, -0.1) is 0 Å². The van der Waals surface area contributed by atoms with Crippen LogP contribution in [0.5, 0.6) is 11.5 Å². The highest BCUT2D eigenvalue weighted by molar-refractivity contribution is 7.89. The van der Waals surface area contributed by atoms with E-state index in [1.54, 1.807) is 18.2 Å². The summed E-state index contributed by atoms with van der Waals surface area (Å²) in [6, 6.07) is 10.8. The first-order valence-electron chi connectivity index (χ1n) is 8.97. The predicted molar refractivity (Wildman–Crippen MR) is 112 cm³/mol. The first kappa shape index (κ1) is 21.3. The molecule has 0 atom stereocenters. The van der Waals surface area contributed by atoms with Gasteiger partial charge in [-0.05, 0) is 36.4 Å². The maximum Gasteiger partial charge on any atom is 0.256 e. The quantitative estimate of drug-likeness (QED) is 0.461. The molecule has 0 saturated carbocycles. The fourth-order valence-electron chi connectivity index (χ4n) is 2.79. The largest absolute Gasteiger partial charge is 0.497 e. The molecule has 3 N–H and O–H groups in total. The second kappa shape index (κ2) is 8.97. The second-order valence-electron chi connectivity index (χ2n) is 6.27. The van der Waals surface area contributed by atoms with E-state index in [-0.39, 0.29) is 23.5 Å². The van der Waals surface area contributed by atoms with Crippen molar-refractivity contribution >= 4 is 26.8 Å². The summed E-state index contributed by atoms with van der Waals surface area (Å²) in [6.07, 6.45) is 1.32. The van der Waals surface area contributed by atoms with Crippen molar-refractivity contribution in [3.63, 3.8) is 0 Å². The van der Waals surface area contributed by atoms with Crippen molar-refractivity contribution in [1.29, 1.82) is 0 Å². The van der Waals surface area contributed by atoms with E-state index in [9.17, 15) is 18.0 Å². The first-order valence-corrected chi connectivity index (χ1v) is 10.5. The maximum atomic E-state index is 12.6. The van der Waals surface area contributed by atoms with Crippen LogP contribution in [0.3, 0.4) is 0 Å². The van der Waals surface area contributed by atoms with E-state index in [4.69, 9.17) is 9.47 Å². The average molecular weight is 431 g/mol. The molecular formula is C20H21N3O6S. The zero-order chi connectivity index (χ0) is 21.7. The summed E-state index contributed by atoms with van der Waals surface area (Å²) in [5, 5.41) is 2.89. The lowest BCUT2D eigenvalue weighted by molar-refractivity contribution is 0.0953. The number of methoxy groups -OCH3 is 2. The van der Waals surface area contributed by atoms with E-state index in [2.05, 4.69) is 15.0 Å². The summed E-state index contributed by atoms with van der Waals surface area (Å²) in [6.45, 7) is -0.0307. The van der Waals surface area contributed by atoms with Gasteiger partial charge in [0.05, 0.1) is 24.6 Å². The molecule has 0 fully saturated rings. The van der Waals surface area contributed by atoms with Gasteiger partial charge in [0.1, 0.15) is 17.1 Å². The molecule has 0 aliphatic rings. The Balaban J connectivity index is 1.61. The minimum atomic E-state index is -3.73. The van der Waals surface area contributed by atoms with E-state index < -0.39 is 21.4 Å². The van der Waals surface area contributed by atoms with Gasteiger partial charge in [0.25, 0.3) is 5.91 Å². The highest BCUT2D eigenvalue weighted by Gasteiger charge is 2.15. The van der Waals surface area contributed by atoms with Crippen molar-refractivity contribution in [1.82, 2.24) is 15.0 Å². The number of benzene rings is 2. The molecule has 2 aromatic carbocycles. The van der Waals surface area contributed by atoms with E-state index in [0.717, 1.165) is 0 Å². The lowest BCUT2D eigenvalue weighted by Crippen LogP contribution is -2.36. The third-order valence-corrected chi connectivity index (χ3v) is 5.88. The van der Waals surface area contributed by atoms with Gasteiger partial charge in [0, 0.05) is 30.7 Å². The molecule has 0 bridgehead atoms. The number of fused-ring (bicyclic) bond motifs is 1. The Kier molecular flexibility index (Phi) is 6.38. The van der Waals surface area contributed by atoms with Gasteiger partial charge in [-0.2, -0.15) is 0 Å². The maximum absolute atomic E-state index is 12.6. The van der Waals surface area contributed by atoms with Crippen molar-refractivity contribution in [2.24, 2.45) is 0 Å². The Morgan fingerprint density at radius 2 is 1.67 bits per heavy atom. The van der Waals surface area contributed by atoms with Crippen LogP contribution in [0.15, 0.2) is 58.4 Å². The van der Waals surface area contributed by atoms with Crippen LogP contribution in [-0.4, -0.2) is 46.6 Å². The molecule has 3 aromatic rings. The normalized spacial score (nSPS) is 11.3. The number of sulfonamides is 1. The van der Waals surface area contributed by atoms with Gasteiger partial charge in [-0.1, -0.05) is 0 Å². The van der Waals surface area contributed by atoms with Crippen LogP contribution < -0.4 is 24.9 Å². The number of amides is 1. The lowest BCUT2D eigenvalue weighted by Gasteiger charge is -2.09. The SMILES string of the molecule is COc1ccc(S(=O)(=O)NCCNC(=O)c2c[nH]c3cc(OC)ccc3c2=O)cc1. The van der Waals surface area contributed by atoms with Crippen LogP contribution >= 0.6 is 0 Å². The molecule has 1 heterocycles. The van der Waals surface area contributed by atoms with Crippen molar-refractivity contribution in [2.75, 3.05) is 27.3 Å². The number of aromatic amines is 1. The van der Waals surface area contributed by atoms with Crippen molar-refractivity contribution < 1.29 is 22.7 Å². The molecule has 30 heavy (non-hydrogen) atoms.